The van der Waals surface area contributed by atoms with E-state index in [-0.39, 0.29) is 11.5 Å². The number of benzene rings is 2. The van der Waals surface area contributed by atoms with Crippen LogP contribution in [0.2, 0.25) is 5.02 Å². The molecule has 1 heterocycles. The van der Waals surface area contributed by atoms with Crippen molar-refractivity contribution in [3.05, 3.63) is 61.6 Å². The van der Waals surface area contributed by atoms with Crippen LogP contribution in [-0.2, 0) is 0 Å². The zero-order chi connectivity index (χ0) is 21.1. The molecule has 3 rings (SSSR count). The number of aromatic nitrogens is 2. The van der Waals surface area contributed by atoms with E-state index in [9.17, 15) is 4.79 Å². The lowest BCUT2D eigenvalue weighted by atomic mass is 10.1. The number of rotatable bonds is 6. The molecule has 0 fully saturated rings. The maximum absolute atomic E-state index is 13.2. The van der Waals surface area contributed by atoms with Crippen molar-refractivity contribution >= 4 is 44.6 Å². The molecular weight excluding hydrogens is 458 g/mol. The first-order valence-corrected chi connectivity index (χ1v) is 10.2. The van der Waals surface area contributed by atoms with Crippen molar-refractivity contribution in [2.75, 3.05) is 14.2 Å². The highest BCUT2D eigenvalue weighted by Crippen LogP contribution is 2.35. The van der Waals surface area contributed by atoms with Crippen LogP contribution in [0.15, 0.2) is 44.7 Å². The smallest absolute Gasteiger partial charge is 0.282 e. The number of nitrogens with zero attached hydrogens (tertiary/aromatic N) is 3. The topological polar surface area (TPSA) is 65.7 Å². The van der Waals surface area contributed by atoms with Crippen LogP contribution < -0.4 is 15.0 Å². The maximum Gasteiger partial charge on any atom is 0.282 e. The third-order valence-electron chi connectivity index (χ3n) is 4.66. The molecule has 0 bridgehead atoms. The van der Waals surface area contributed by atoms with Crippen molar-refractivity contribution in [3.63, 3.8) is 0 Å². The summed E-state index contributed by atoms with van der Waals surface area (Å²) in [6.45, 7) is 4.07. The largest absolute Gasteiger partial charge is 0.493 e. The lowest BCUT2D eigenvalue weighted by Gasteiger charge is -2.14. The monoisotopic (exact) mass is 477 g/mol. The molecule has 8 heteroatoms. The minimum Gasteiger partial charge on any atom is -0.493 e. The zero-order valence-corrected chi connectivity index (χ0v) is 18.9. The molecule has 0 amide bonds. The Bertz CT molecular complexity index is 1140. The summed E-state index contributed by atoms with van der Waals surface area (Å²) in [6.07, 6.45) is 2.39. The SMILES string of the molecule is CC[C@H](C)c1nc2ccc(Br)cc2c(=O)n1N=Cc1cc(Cl)c(OC)c(OC)c1. The first kappa shape index (κ1) is 21.3. The minimum atomic E-state index is -0.227. The lowest BCUT2D eigenvalue weighted by Crippen LogP contribution is -2.23. The summed E-state index contributed by atoms with van der Waals surface area (Å²) >= 11 is 9.68. The van der Waals surface area contributed by atoms with Gasteiger partial charge in [-0.1, -0.05) is 41.4 Å². The standard InChI is InChI=1S/C21H21BrClN3O3/c1-5-12(2)20-25-17-7-6-14(22)10-15(17)21(27)26(20)24-11-13-8-16(23)19(29-4)18(9-13)28-3/h6-12H,5H2,1-4H3/t12-/m0/s1. The van der Waals surface area contributed by atoms with E-state index in [4.69, 9.17) is 26.1 Å². The Morgan fingerprint density at radius 2 is 2.03 bits per heavy atom. The van der Waals surface area contributed by atoms with Gasteiger partial charge in [-0.3, -0.25) is 4.79 Å². The molecule has 1 atom stereocenters. The molecule has 0 spiro atoms. The van der Waals surface area contributed by atoms with Crippen molar-refractivity contribution in [2.45, 2.75) is 26.2 Å². The van der Waals surface area contributed by atoms with E-state index in [1.807, 2.05) is 26.0 Å². The van der Waals surface area contributed by atoms with Crippen molar-refractivity contribution in [1.29, 1.82) is 0 Å². The van der Waals surface area contributed by atoms with Crippen LogP contribution in [0.25, 0.3) is 10.9 Å². The molecule has 0 saturated carbocycles. The molecule has 0 radical (unpaired) electrons. The number of fused-ring (bicyclic) bond motifs is 1. The molecular formula is C21H21BrClN3O3. The first-order chi connectivity index (χ1) is 13.9. The lowest BCUT2D eigenvalue weighted by molar-refractivity contribution is 0.355. The van der Waals surface area contributed by atoms with E-state index < -0.39 is 0 Å². The summed E-state index contributed by atoms with van der Waals surface area (Å²) < 4.78 is 12.7. The molecule has 0 aliphatic rings. The van der Waals surface area contributed by atoms with Gasteiger partial charge in [0.1, 0.15) is 5.82 Å². The van der Waals surface area contributed by atoms with E-state index in [2.05, 4.69) is 21.0 Å². The van der Waals surface area contributed by atoms with Crippen LogP contribution in [0.5, 0.6) is 11.5 Å². The number of ether oxygens (including phenoxy) is 2. The van der Waals surface area contributed by atoms with Crippen LogP contribution in [0.1, 0.15) is 37.6 Å². The molecule has 0 aliphatic heterocycles. The molecule has 6 nitrogen and oxygen atoms in total. The van der Waals surface area contributed by atoms with Crippen LogP contribution in [0, 0.1) is 0 Å². The van der Waals surface area contributed by atoms with Gasteiger partial charge in [0.2, 0.25) is 0 Å². The van der Waals surface area contributed by atoms with E-state index in [0.29, 0.717) is 38.8 Å². The van der Waals surface area contributed by atoms with Gasteiger partial charge in [0.15, 0.2) is 11.5 Å². The average molecular weight is 479 g/mol. The van der Waals surface area contributed by atoms with Gasteiger partial charge in [0, 0.05) is 10.4 Å². The van der Waals surface area contributed by atoms with Gasteiger partial charge in [-0.05, 0) is 42.3 Å². The highest BCUT2D eigenvalue weighted by molar-refractivity contribution is 9.10. The molecule has 3 aromatic rings. The fourth-order valence-electron chi connectivity index (χ4n) is 2.92. The Morgan fingerprint density at radius 1 is 1.28 bits per heavy atom. The Labute approximate surface area is 182 Å². The van der Waals surface area contributed by atoms with Gasteiger partial charge in [0.25, 0.3) is 5.56 Å². The average Bonchev–Trinajstić information content (AvgIpc) is 2.72. The molecule has 152 valence electrons. The predicted octanol–water partition coefficient (Wildman–Crippen LogP) is 5.23. The number of halogens is 2. The molecule has 1 aromatic heterocycles. The summed E-state index contributed by atoms with van der Waals surface area (Å²) in [7, 11) is 3.06. The Balaban J connectivity index is 2.17. The molecule has 0 N–H and O–H groups in total. The quantitative estimate of drug-likeness (QED) is 0.455. The molecule has 0 saturated heterocycles. The normalized spacial score (nSPS) is 12.5. The van der Waals surface area contributed by atoms with Gasteiger partial charge in [0.05, 0.1) is 36.4 Å². The van der Waals surface area contributed by atoms with Gasteiger partial charge in [-0.25, -0.2) is 4.98 Å². The third kappa shape index (κ3) is 4.31. The van der Waals surface area contributed by atoms with Crippen LogP contribution >= 0.6 is 27.5 Å². The third-order valence-corrected chi connectivity index (χ3v) is 5.44. The van der Waals surface area contributed by atoms with Gasteiger partial charge in [-0.15, -0.1) is 0 Å². The Kier molecular flexibility index (Phi) is 6.59. The van der Waals surface area contributed by atoms with Crippen LogP contribution in [-0.4, -0.2) is 30.1 Å². The highest BCUT2D eigenvalue weighted by Gasteiger charge is 2.16. The molecule has 2 aromatic carbocycles. The van der Waals surface area contributed by atoms with Crippen molar-refractivity contribution < 1.29 is 9.47 Å². The second-order valence-corrected chi connectivity index (χ2v) is 7.86. The van der Waals surface area contributed by atoms with E-state index in [1.54, 1.807) is 24.4 Å². The second-order valence-electron chi connectivity index (χ2n) is 6.54. The summed E-state index contributed by atoms with van der Waals surface area (Å²) in [6, 6.07) is 8.90. The van der Waals surface area contributed by atoms with E-state index in [0.717, 1.165) is 10.9 Å². The van der Waals surface area contributed by atoms with Crippen LogP contribution in [0.4, 0.5) is 0 Å². The summed E-state index contributed by atoms with van der Waals surface area (Å²) in [5, 5.41) is 5.33. The maximum atomic E-state index is 13.2. The Hall–Kier alpha value is -2.38. The molecule has 29 heavy (non-hydrogen) atoms. The summed E-state index contributed by atoms with van der Waals surface area (Å²) in [5.41, 5.74) is 1.09. The molecule has 0 unspecified atom stereocenters. The summed E-state index contributed by atoms with van der Waals surface area (Å²) in [5.74, 6) is 1.59. The predicted molar refractivity (Wildman–Crippen MR) is 120 cm³/mol. The fourth-order valence-corrected chi connectivity index (χ4v) is 3.57. The Morgan fingerprint density at radius 3 is 2.69 bits per heavy atom. The van der Waals surface area contributed by atoms with Gasteiger partial charge < -0.3 is 9.47 Å². The highest BCUT2D eigenvalue weighted by atomic mass is 79.9. The number of methoxy groups -OCH3 is 2. The van der Waals surface area contributed by atoms with E-state index >= 15 is 0 Å². The van der Waals surface area contributed by atoms with Gasteiger partial charge in [-0.2, -0.15) is 9.78 Å². The number of hydrogen-bond donors (Lipinski definition) is 0. The van der Waals surface area contributed by atoms with Crippen LogP contribution in [0.3, 0.4) is 0 Å². The molecule has 0 aliphatic carbocycles. The number of hydrogen-bond acceptors (Lipinski definition) is 5. The fraction of sp³-hybridized carbons (Fsp3) is 0.286. The minimum absolute atomic E-state index is 0.0573. The zero-order valence-electron chi connectivity index (χ0n) is 16.6. The van der Waals surface area contributed by atoms with Crippen molar-refractivity contribution in [3.8, 4) is 11.5 Å². The first-order valence-electron chi connectivity index (χ1n) is 9.07. The van der Waals surface area contributed by atoms with E-state index in [1.165, 1.54) is 18.9 Å². The van der Waals surface area contributed by atoms with Gasteiger partial charge >= 0.3 is 0 Å². The van der Waals surface area contributed by atoms with Crippen molar-refractivity contribution in [1.82, 2.24) is 9.66 Å². The van der Waals surface area contributed by atoms with Crippen molar-refractivity contribution in [2.24, 2.45) is 5.10 Å². The second kappa shape index (κ2) is 8.97. The summed E-state index contributed by atoms with van der Waals surface area (Å²) in [4.78, 5) is 17.8.